The highest BCUT2D eigenvalue weighted by molar-refractivity contribution is 6.30. The summed E-state index contributed by atoms with van der Waals surface area (Å²) in [6.45, 7) is 4.23. The molecule has 9 nitrogen and oxygen atoms in total. The molecule has 2 saturated heterocycles. The summed E-state index contributed by atoms with van der Waals surface area (Å²) in [7, 11) is 0. The van der Waals surface area contributed by atoms with Crippen LogP contribution in [0.2, 0.25) is 5.02 Å². The minimum Gasteiger partial charge on any atom is -0.339 e. The monoisotopic (exact) mass is 515 g/mol. The predicted octanol–water partition coefficient (Wildman–Crippen LogP) is 3.18. The predicted molar refractivity (Wildman–Crippen MR) is 125 cm³/mol. The van der Waals surface area contributed by atoms with Crippen LogP contribution >= 0.6 is 11.6 Å². The third-order valence-corrected chi connectivity index (χ3v) is 7.40. The standard InChI is InChI=1S/C23H21ClF3N9/c1-14(23(25,26)27)33-8-15-6-16(24)2-3-18(15)36-19(9-33)31-32-21(36)35-12-22(13-35)10-34(11-22)20-29-5-4-17(7-28)30-20/h2-6,14H,8-13H2,1H3. The topological polar surface area (TPSA) is 90.0 Å². The third-order valence-electron chi connectivity index (χ3n) is 7.16. The Kier molecular flexibility index (Phi) is 5.14. The lowest BCUT2D eigenvalue weighted by Crippen LogP contribution is -2.73. The number of hydrogen-bond donors (Lipinski definition) is 0. The van der Waals surface area contributed by atoms with E-state index in [9.17, 15) is 13.2 Å². The average molecular weight is 516 g/mol. The van der Waals surface area contributed by atoms with Crippen LogP contribution in [0, 0.1) is 16.7 Å². The van der Waals surface area contributed by atoms with Gasteiger partial charge in [0.15, 0.2) is 5.82 Å². The van der Waals surface area contributed by atoms with Gasteiger partial charge in [-0.25, -0.2) is 9.97 Å². The van der Waals surface area contributed by atoms with Gasteiger partial charge in [0.1, 0.15) is 17.8 Å². The van der Waals surface area contributed by atoms with Crippen molar-refractivity contribution in [2.24, 2.45) is 5.41 Å². The van der Waals surface area contributed by atoms with Crippen molar-refractivity contribution in [1.29, 1.82) is 5.26 Å². The fourth-order valence-corrected chi connectivity index (χ4v) is 5.46. The summed E-state index contributed by atoms with van der Waals surface area (Å²) >= 11 is 6.21. The molecular weight excluding hydrogens is 495 g/mol. The largest absolute Gasteiger partial charge is 0.403 e. The minimum atomic E-state index is -4.37. The van der Waals surface area contributed by atoms with Crippen molar-refractivity contribution in [3.05, 3.63) is 52.6 Å². The van der Waals surface area contributed by atoms with Gasteiger partial charge in [0, 0.05) is 49.4 Å². The summed E-state index contributed by atoms with van der Waals surface area (Å²) < 4.78 is 42.6. The first-order valence-corrected chi connectivity index (χ1v) is 11.8. The first-order valence-electron chi connectivity index (χ1n) is 11.4. The maximum atomic E-state index is 13.6. The molecule has 3 aliphatic heterocycles. The SMILES string of the molecule is CC(N1Cc2cc(Cl)ccc2-n2c(nnc2N2CC3(CN(c4nccc(C#N)n4)C3)C2)C1)C(F)(F)F. The first kappa shape index (κ1) is 23.0. The number of alkyl halides is 3. The quantitative estimate of drug-likeness (QED) is 0.525. The lowest BCUT2D eigenvalue weighted by molar-refractivity contribution is -0.182. The molecule has 1 unspecified atom stereocenters. The maximum Gasteiger partial charge on any atom is 0.403 e. The molecule has 0 saturated carbocycles. The molecule has 3 aromatic rings. The number of anilines is 2. The number of rotatable bonds is 3. The van der Waals surface area contributed by atoms with E-state index < -0.39 is 12.2 Å². The summed E-state index contributed by atoms with van der Waals surface area (Å²) in [5.41, 5.74) is 1.81. The lowest BCUT2D eigenvalue weighted by atomic mass is 9.73. The second kappa shape index (κ2) is 8.04. The van der Waals surface area contributed by atoms with Crippen LogP contribution in [0.5, 0.6) is 0 Å². The molecule has 0 N–H and O–H groups in total. The van der Waals surface area contributed by atoms with Gasteiger partial charge >= 0.3 is 6.18 Å². The van der Waals surface area contributed by atoms with E-state index in [1.165, 1.54) is 4.90 Å². The van der Waals surface area contributed by atoms with E-state index in [-0.39, 0.29) is 18.5 Å². The van der Waals surface area contributed by atoms with Gasteiger partial charge in [-0.3, -0.25) is 9.47 Å². The molecule has 36 heavy (non-hydrogen) atoms. The number of halogens is 4. The Balaban J connectivity index is 1.25. The maximum absolute atomic E-state index is 13.6. The molecule has 0 aliphatic carbocycles. The summed E-state index contributed by atoms with van der Waals surface area (Å²) in [5.74, 6) is 1.61. The molecule has 5 heterocycles. The molecule has 0 amide bonds. The number of fused-ring (bicyclic) bond motifs is 3. The van der Waals surface area contributed by atoms with Gasteiger partial charge in [-0.05, 0) is 36.8 Å². The van der Waals surface area contributed by atoms with Crippen molar-refractivity contribution < 1.29 is 13.2 Å². The molecule has 2 fully saturated rings. The van der Waals surface area contributed by atoms with Crippen molar-refractivity contribution in [1.82, 2.24) is 29.6 Å². The van der Waals surface area contributed by atoms with Gasteiger partial charge in [0.05, 0.1) is 12.2 Å². The van der Waals surface area contributed by atoms with Gasteiger partial charge in [0.25, 0.3) is 0 Å². The number of hydrogen-bond acceptors (Lipinski definition) is 8. The fourth-order valence-electron chi connectivity index (χ4n) is 5.27. The molecule has 1 spiro atoms. The van der Waals surface area contributed by atoms with E-state index in [2.05, 4.69) is 25.1 Å². The van der Waals surface area contributed by atoms with Crippen LogP contribution in [0.15, 0.2) is 30.5 Å². The van der Waals surface area contributed by atoms with Gasteiger partial charge in [-0.15, -0.1) is 10.2 Å². The zero-order chi connectivity index (χ0) is 25.2. The zero-order valence-electron chi connectivity index (χ0n) is 19.2. The summed E-state index contributed by atoms with van der Waals surface area (Å²) in [5, 5.41) is 18.2. The molecule has 0 bridgehead atoms. The second-order valence-corrected chi connectivity index (χ2v) is 10.1. The van der Waals surface area contributed by atoms with Crippen LogP contribution in [-0.4, -0.2) is 68.0 Å². The van der Waals surface area contributed by atoms with Crippen LogP contribution in [0.3, 0.4) is 0 Å². The normalized spacial score (nSPS) is 19.6. The Hall–Kier alpha value is -3.43. The zero-order valence-corrected chi connectivity index (χ0v) is 20.0. The van der Waals surface area contributed by atoms with Crippen molar-refractivity contribution >= 4 is 23.5 Å². The number of benzene rings is 1. The van der Waals surface area contributed by atoms with Crippen molar-refractivity contribution in [3.63, 3.8) is 0 Å². The molecule has 3 aliphatic rings. The van der Waals surface area contributed by atoms with Crippen molar-refractivity contribution in [3.8, 4) is 11.8 Å². The van der Waals surface area contributed by atoms with Gasteiger partial charge in [0.2, 0.25) is 11.9 Å². The van der Waals surface area contributed by atoms with Gasteiger partial charge in [-0.1, -0.05) is 11.6 Å². The molecule has 2 aromatic heterocycles. The van der Waals surface area contributed by atoms with Crippen LogP contribution in [0.25, 0.3) is 5.69 Å². The Labute approximate surface area is 209 Å². The molecule has 13 heteroatoms. The Morgan fingerprint density at radius 1 is 1.08 bits per heavy atom. The summed E-state index contributed by atoms with van der Waals surface area (Å²) in [6, 6.07) is 7.21. The van der Waals surface area contributed by atoms with Crippen LogP contribution in [-0.2, 0) is 13.1 Å². The van der Waals surface area contributed by atoms with Gasteiger partial charge < -0.3 is 9.80 Å². The molecule has 1 atom stereocenters. The van der Waals surface area contributed by atoms with Crippen LogP contribution < -0.4 is 9.80 Å². The van der Waals surface area contributed by atoms with Crippen LogP contribution in [0.4, 0.5) is 25.1 Å². The smallest absolute Gasteiger partial charge is 0.339 e. The Morgan fingerprint density at radius 2 is 1.83 bits per heavy atom. The van der Waals surface area contributed by atoms with E-state index in [1.54, 1.807) is 24.4 Å². The Morgan fingerprint density at radius 3 is 2.56 bits per heavy atom. The fraction of sp³-hybridized carbons (Fsp3) is 0.435. The molecule has 0 radical (unpaired) electrons. The summed E-state index contributed by atoms with van der Waals surface area (Å²) in [4.78, 5) is 14.0. The molecule has 6 rings (SSSR count). The van der Waals surface area contributed by atoms with E-state index >= 15 is 0 Å². The first-order chi connectivity index (χ1) is 17.2. The van der Waals surface area contributed by atoms with Gasteiger partial charge in [-0.2, -0.15) is 18.4 Å². The number of nitrogens with zero attached hydrogens (tertiary/aromatic N) is 9. The highest BCUT2D eigenvalue weighted by Gasteiger charge is 2.54. The molecular formula is C23H21ClF3N9. The Bertz CT molecular complexity index is 1370. The highest BCUT2D eigenvalue weighted by Crippen LogP contribution is 2.44. The lowest BCUT2D eigenvalue weighted by Gasteiger charge is -2.60. The van der Waals surface area contributed by atoms with Crippen LogP contribution in [0.1, 0.15) is 24.0 Å². The average Bonchev–Trinajstić information content (AvgIpc) is 3.11. The highest BCUT2D eigenvalue weighted by atomic mass is 35.5. The second-order valence-electron chi connectivity index (χ2n) is 9.71. The van der Waals surface area contributed by atoms with E-state index in [1.807, 2.05) is 21.6 Å². The van der Waals surface area contributed by atoms with E-state index in [0.29, 0.717) is 34.0 Å². The number of nitriles is 1. The van der Waals surface area contributed by atoms with E-state index in [0.717, 1.165) is 38.8 Å². The molecule has 1 aromatic carbocycles. The number of aromatic nitrogens is 5. The summed E-state index contributed by atoms with van der Waals surface area (Å²) in [6.07, 6.45) is -2.79. The van der Waals surface area contributed by atoms with Crippen molar-refractivity contribution in [2.75, 3.05) is 36.0 Å². The van der Waals surface area contributed by atoms with Crippen molar-refractivity contribution in [2.45, 2.75) is 32.2 Å². The minimum absolute atomic E-state index is 0.0132. The van der Waals surface area contributed by atoms with E-state index in [4.69, 9.17) is 16.9 Å². The third kappa shape index (κ3) is 3.74. The molecule has 186 valence electrons.